The molecule has 1 rings (SSSR count). The monoisotopic (exact) mass is 243 g/mol. The van der Waals surface area contributed by atoms with Crippen molar-refractivity contribution in [2.75, 3.05) is 18.5 Å². The van der Waals surface area contributed by atoms with Crippen molar-refractivity contribution in [1.29, 1.82) is 0 Å². The smallest absolute Gasteiger partial charge is 0.134 e. The first-order valence-corrected chi connectivity index (χ1v) is 5.91. The first-order chi connectivity index (χ1) is 7.65. The summed E-state index contributed by atoms with van der Waals surface area (Å²) in [4.78, 5) is 8.48. The number of hydrogen-bond donors (Lipinski definition) is 2. The number of halogens is 1. The molecule has 4 nitrogen and oxygen atoms in total. The van der Waals surface area contributed by atoms with Gasteiger partial charge in [-0.2, -0.15) is 0 Å². The molecule has 0 saturated carbocycles. The lowest BCUT2D eigenvalue weighted by Crippen LogP contribution is -2.15. The third kappa shape index (κ3) is 4.33. The summed E-state index contributed by atoms with van der Waals surface area (Å²) >= 11 is 5.89. The third-order valence-corrected chi connectivity index (χ3v) is 2.35. The molecule has 1 aromatic heterocycles. The molecule has 0 bridgehead atoms. The lowest BCUT2D eigenvalue weighted by Gasteiger charge is -2.11. The summed E-state index contributed by atoms with van der Waals surface area (Å²) in [6, 6.07) is 1.70. The Kier molecular flexibility index (Phi) is 5.49. The Labute approximate surface area is 101 Å². The van der Waals surface area contributed by atoms with Gasteiger partial charge in [-0.25, -0.2) is 9.97 Å². The third-order valence-electron chi connectivity index (χ3n) is 2.16. The maximum absolute atomic E-state index is 8.91. The molecule has 1 aromatic rings. The van der Waals surface area contributed by atoms with E-state index < -0.39 is 0 Å². The second-order valence-corrected chi connectivity index (χ2v) is 4.30. The molecule has 0 saturated heterocycles. The van der Waals surface area contributed by atoms with E-state index >= 15 is 0 Å². The van der Waals surface area contributed by atoms with Crippen LogP contribution < -0.4 is 5.32 Å². The molecule has 90 valence electrons. The summed E-state index contributed by atoms with van der Waals surface area (Å²) in [6.45, 7) is 4.87. The normalized spacial score (nSPS) is 12.5. The summed E-state index contributed by atoms with van der Waals surface area (Å²) in [5.41, 5.74) is 0. The van der Waals surface area contributed by atoms with E-state index in [0.29, 0.717) is 11.7 Å². The van der Waals surface area contributed by atoms with Gasteiger partial charge in [0.1, 0.15) is 16.8 Å². The van der Waals surface area contributed by atoms with E-state index in [-0.39, 0.29) is 12.5 Å². The molecular weight excluding hydrogens is 226 g/mol. The number of hydrogen-bond acceptors (Lipinski definition) is 4. The first-order valence-electron chi connectivity index (χ1n) is 5.54. The summed E-state index contributed by atoms with van der Waals surface area (Å²) in [5.74, 6) is 1.68. The van der Waals surface area contributed by atoms with Crippen molar-refractivity contribution < 1.29 is 5.11 Å². The lowest BCUT2D eigenvalue weighted by atomic mass is 10.2. The average Bonchev–Trinajstić information content (AvgIpc) is 2.25. The fourth-order valence-corrected chi connectivity index (χ4v) is 1.43. The number of anilines is 1. The van der Waals surface area contributed by atoms with Crippen LogP contribution in [-0.2, 0) is 6.42 Å². The summed E-state index contributed by atoms with van der Waals surface area (Å²) in [5, 5.41) is 12.5. The Morgan fingerprint density at radius 2 is 2.25 bits per heavy atom. The van der Waals surface area contributed by atoms with Gasteiger partial charge in [0, 0.05) is 25.6 Å². The minimum absolute atomic E-state index is 0.160. The van der Waals surface area contributed by atoms with Crippen LogP contribution in [0.15, 0.2) is 6.07 Å². The molecule has 1 unspecified atom stereocenters. The van der Waals surface area contributed by atoms with Crippen LogP contribution in [0, 0.1) is 5.92 Å². The van der Waals surface area contributed by atoms with Gasteiger partial charge in [0.25, 0.3) is 0 Å². The van der Waals surface area contributed by atoms with Crippen LogP contribution in [0.3, 0.4) is 0 Å². The van der Waals surface area contributed by atoms with Gasteiger partial charge in [0.2, 0.25) is 0 Å². The van der Waals surface area contributed by atoms with Gasteiger partial charge < -0.3 is 10.4 Å². The molecule has 5 heteroatoms. The standard InChI is InChI=1S/C11H18ClN3O/c1-3-4-10-14-9(12)5-11(15-10)13-6-8(2)7-16/h5,8,16H,3-4,6-7H2,1-2H3,(H,13,14,15). The molecule has 16 heavy (non-hydrogen) atoms. The molecule has 1 heterocycles. The maximum atomic E-state index is 8.91. The predicted octanol–water partition coefficient (Wildman–Crippen LogP) is 2.12. The predicted molar refractivity (Wildman–Crippen MR) is 65.8 cm³/mol. The number of aromatic nitrogens is 2. The molecular formula is C11H18ClN3O. The van der Waals surface area contributed by atoms with Crippen LogP contribution in [0.1, 0.15) is 26.1 Å². The van der Waals surface area contributed by atoms with Gasteiger partial charge in [-0.1, -0.05) is 25.4 Å². The lowest BCUT2D eigenvalue weighted by molar-refractivity contribution is 0.244. The largest absolute Gasteiger partial charge is 0.396 e. The maximum Gasteiger partial charge on any atom is 0.134 e. The van der Waals surface area contributed by atoms with Crippen LogP contribution in [0.5, 0.6) is 0 Å². The number of aliphatic hydroxyl groups excluding tert-OH is 1. The molecule has 0 aliphatic rings. The second-order valence-electron chi connectivity index (χ2n) is 3.91. The first kappa shape index (κ1) is 13.2. The van der Waals surface area contributed by atoms with Crippen LogP contribution in [0.25, 0.3) is 0 Å². The van der Waals surface area contributed by atoms with E-state index in [4.69, 9.17) is 16.7 Å². The Morgan fingerprint density at radius 3 is 2.88 bits per heavy atom. The highest BCUT2D eigenvalue weighted by atomic mass is 35.5. The average molecular weight is 244 g/mol. The Bertz CT molecular complexity index is 333. The van der Waals surface area contributed by atoms with Crippen molar-refractivity contribution >= 4 is 17.4 Å². The van der Waals surface area contributed by atoms with Crippen LogP contribution in [0.2, 0.25) is 5.15 Å². The minimum Gasteiger partial charge on any atom is -0.396 e. The van der Waals surface area contributed by atoms with Gasteiger partial charge in [-0.3, -0.25) is 0 Å². The van der Waals surface area contributed by atoms with Gasteiger partial charge in [0.05, 0.1) is 0 Å². The van der Waals surface area contributed by atoms with E-state index in [1.54, 1.807) is 6.07 Å². The van der Waals surface area contributed by atoms with E-state index in [9.17, 15) is 0 Å². The van der Waals surface area contributed by atoms with Crippen molar-refractivity contribution in [3.63, 3.8) is 0 Å². The van der Waals surface area contributed by atoms with Crippen LogP contribution in [-0.4, -0.2) is 28.2 Å². The Hall–Kier alpha value is -0.870. The molecule has 2 N–H and O–H groups in total. The van der Waals surface area contributed by atoms with E-state index in [2.05, 4.69) is 22.2 Å². The highest BCUT2D eigenvalue weighted by molar-refractivity contribution is 6.29. The minimum atomic E-state index is 0.160. The summed E-state index contributed by atoms with van der Waals surface area (Å²) in [6.07, 6.45) is 1.82. The van der Waals surface area contributed by atoms with Gasteiger partial charge in [-0.15, -0.1) is 0 Å². The number of rotatable bonds is 6. The zero-order chi connectivity index (χ0) is 12.0. The van der Waals surface area contributed by atoms with E-state index in [0.717, 1.165) is 24.5 Å². The molecule has 0 aliphatic carbocycles. The van der Waals surface area contributed by atoms with Gasteiger partial charge in [0.15, 0.2) is 0 Å². The molecule has 0 radical (unpaired) electrons. The Morgan fingerprint density at radius 1 is 1.50 bits per heavy atom. The SMILES string of the molecule is CCCc1nc(Cl)cc(NCC(C)CO)n1. The molecule has 0 aromatic carbocycles. The molecule has 0 aliphatic heterocycles. The van der Waals surface area contributed by atoms with E-state index in [1.165, 1.54) is 0 Å². The fourth-order valence-electron chi connectivity index (χ4n) is 1.23. The number of aryl methyl sites for hydroxylation is 1. The van der Waals surface area contributed by atoms with Crippen molar-refractivity contribution in [2.24, 2.45) is 5.92 Å². The number of nitrogens with one attached hydrogen (secondary N) is 1. The molecule has 0 spiro atoms. The quantitative estimate of drug-likeness (QED) is 0.752. The van der Waals surface area contributed by atoms with E-state index in [1.807, 2.05) is 6.92 Å². The summed E-state index contributed by atoms with van der Waals surface area (Å²) in [7, 11) is 0. The second kappa shape index (κ2) is 6.66. The van der Waals surface area contributed by atoms with Crippen LogP contribution >= 0.6 is 11.6 Å². The van der Waals surface area contributed by atoms with Crippen molar-refractivity contribution in [3.05, 3.63) is 17.0 Å². The highest BCUT2D eigenvalue weighted by Gasteiger charge is 2.04. The fraction of sp³-hybridized carbons (Fsp3) is 0.636. The molecule has 0 fully saturated rings. The molecule has 0 amide bonds. The zero-order valence-electron chi connectivity index (χ0n) is 9.70. The van der Waals surface area contributed by atoms with Crippen molar-refractivity contribution in [1.82, 2.24) is 9.97 Å². The summed E-state index contributed by atoms with van der Waals surface area (Å²) < 4.78 is 0. The van der Waals surface area contributed by atoms with Gasteiger partial charge in [-0.05, 0) is 12.3 Å². The number of aliphatic hydroxyl groups is 1. The Balaban J connectivity index is 2.64. The topological polar surface area (TPSA) is 58.0 Å². The highest BCUT2D eigenvalue weighted by Crippen LogP contribution is 2.12. The van der Waals surface area contributed by atoms with Crippen molar-refractivity contribution in [3.8, 4) is 0 Å². The van der Waals surface area contributed by atoms with Crippen LogP contribution in [0.4, 0.5) is 5.82 Å². The molecule has 1 atom stereocenters. The number of nitrogens with zero attached hydrogens (tertiary/aromatic N) is 2. The zero-order valence-corrected chi connectivity index (χ0v) is 10.5. The van der Waals surface area contributed by atoms with Gasteiger partial charge >= 0.3 is 0 Å². The van der Waals surface area contributed by atoms with Crippen molar-refractivity contribution in [2.45, 2.75) is 26.7 Å².